The molecule has 1 aromatic heterocycles. The van der Waals surface area contributed by atoms with Crippen molar-refractivity contribution in [2.45, 2.75) is 32.6 Å². The molecule has 0 spiro atoms. The quantitative estimate of drug-likeness (QED) is 0.640. The van der Waals surface area contributed by atoms with Gasteiger partial charge in [-0.2, -0.15) is 13.2 Å². The molecule has 0 radical (unpaired) electrons. The van der Waals surface area contributed by atoms with Crippen molar-refractivity contribution >= 4 is 0 Å². The zero-order valence-electron chi connectivity index (χ0n) is 16.2. The van der Waals surface area contributed by atoms with Gasteiger partial charge < -0.3 is 4.98 Å². The molecule has 0 saturated heterocycles. The van der Waals surface area contributed by atoms with Crippen LogP contribution in [0.5, 0.6) is 0 Å². The van der Waals surface area contributed by atoms with Crippen LogP contribution in [0.1, 0.15) is 27.9 Å². The van der Waals surface area contributed by atoms with Crippen LogP contribution in [0.2, 0.25) is 0 Å². The molecule has 8 heteroatoms. The molecular formula is C22H19F4N3O. The molecule has 2 heterocycles. The van der Waals surface area contributed by atoms with Gasteiger partial charge in [0.2, 0.25) is 0 Å². The maximum absolute atomic E-state index is 13.8. The zero-order valence-corrected chi connectivity index (χ0v) is 16.2. The molecule has 30 heavy (non-hydrogen) atoms. The van der Waals surface area contributed by atoms with Gasteiger partial charge in [-0.3, -0.25) is 9.69 Å². The minimum absolute atomic E-state index is 0.233. The Morgan fingerprint density at radius 2 is 1.87 bits per heavy atom. The van der Waals surface area contributed by atoms with Gasteiger partial charge in [-0.05, 0) is 42.7 Å². The van der Waals surface area contributed by atoms with Crippen molar-refractivity contribution in [3.05, 3.63) is 86.6 Å². The molecule has 4 rings (SSSR count). The number of alkyl halides is 3. The zero-order chi connectivity index (χ0) is 21.5. The number of nitrogens with zero attached hydrogens (tertiary/aromatic N) is 2. The third-order valence-corrected chi connectivity index (χ3v) is 5.41. The summed E-state index contributed by atoms with van der Waals surface area (Å²) < 4.78 is 52.2. The van der Waals surface area contributed by atoms with Crippen molar-refractivity contribution in [1.82, 2.24) is 14.9 Å². The van der Waals surface area contributed by atoms with Crippen LogP contribution in [0, 0.1) is 12.7 Å². The molecule has 0 aliphatic carbocycles. The molecule has 3 aromatic rings. The number of hydrogen-bond donors (Lipinski definition) is 1. The number of nitrogens with one attached hydrogen (secondary N) is 1. The highest BCUT2D eigenvalue weighted by Crippen LogP contribution is 2.30. The van der Waals surface area contributed by atoms with Gasteiger partial charge in [0.15, 0.2) is 0 Å². The summed E-state index contributed by atoms with van der Waals surface area (Å²) in [5, 5.41) is 0. The van der Waals surface area contributed by atoms with E-state index < -0.39 is 11.7 Å². The number of aromatic amines is 1. The molecular weight excluding hydrogens is 398 g/mol. The average Bonchev–Trinajstić information content (AvgIpc) is 2.70. The smallest absolute Gasteiger partial charge is 0.306 e. The lowest BCUT2D eigenvalue weighted by molar-refractivity contribution is -0.137. The molecule has 0 bridgehead atoms. The summed E-state index contributed by atoms with van der Waals surface area (Å²) in [7, 11) is 0. The molecule has 1 N–H and O–H groups in total. The first-order valence-electron chi connectivity index (χ1n) is 9.48. The van der Waals surface area contributed by atoms with Gasteiger partial charge in [-0.1, -0.05) is 24.3 Å². The summed E-state index contributed by atoms with van der Waals surface area (Å²) in [4.78, 5) is 21.8. The van der Waals surface area contributed by atoms with Crippen LogP contribution in [0.25, 0.3) is 11.4 Å². The Morgan fingerprint density at radius 1 is 1.13 bits per heavy atom. The van der Waals surface area contributed by atoms with Crippen molar-refractivity contribution in [3.63, 3.8) is 0 Å². The molecule has 0 fully saturated rings. The Balaban J connectivity index is 1.60. The number of aromatic nitrogens is 2. The normalized spacial score (nSPS) is 14.6. The predicted molar refractivity (Wildman–Crippen MR) is 104 cm³/mol. The van der Waals surface area contributed by atoms with E-state index in [2.05, 4.69) is 14.9 Å². The topological polar surface area (TPSA) is 49.0 Å². The molecule has 1 aliphatic heterocycles. The minimum Gasteiger partial charge on any atom is -0.306 e. The average molecular weight is 417 g/mol. The van der Waals surface area contributed by atoms with Gasteiger partial charge in [-0.15, -0.1) is 0 Å². The summed E-state index contributed by atoms with van der Waals surface area (Å²) in [5.74, 6) is -0.0275. The molecule has 0 amide bonds. The summed E-state index contributed by atoms with van der Waals surface area (Å²) >= 11 is 0. The molecule has 0 atom stereocenters. The minimum atomic E-state index is -4.43. The summed E-state index contributed by atoms with van der Waals surface area (Å²) in [6.45, 7) is 3.29. The third-order valence-electron chi connectivity index (χ3n) is 5.41. The van der Waals surface area contributed by atoms with Gasteiger partial charge in [0, 0.05) is 30.8 Å². The largest absolute Gasteiger partial charge is 0.416 e. The highest BCUT2D eigenvalue weighted by Gasteiger charge is 2.30. The second kappa shape index (κ2) is 7.68. The SMILES string of the molecule is Cc1c(F)cccc1CN1CCc2c(nc(-c3ccc(C(F)(F)F)cc3)[nH]c2=O)C1. The third kappa shape index (κ3) is 4.00. The predicted octanol–water partition coefficient (Wildman–Crippen LogP) is 4.46. The first-order chi connectivity index (χ1) is 14.2. The first-order valence-corrected chi connectivity index (χ1v) is 9.48. The number of rotatable bonds is 3. The second-order valence-corrected chi connectivity index (χ2v) is 7.40. The summed E-state index contributed by atoms with van der Waals surface area (Å²) in [5.41, 5.74) is 1.99. The Labute approximate surface area is 170 Å². The fourth-order valence-corrected chi connectivity index (χ4v) is 3.65. The Kier molecular flexibility index (Phi) is 5.19. The van der Waals surface area contributed by atoms with Crippen molar-refractivity contribution in [1.29, 1.82) is 0 Å². The lowest BCUT2D eigenvalue weighted by Gasteiger charge is -2.28. The second-order valence-electron chi connectivity index (χ2n) is 7.40. The fraction of sp³-hybridized carbons (Fsp3) is 0.273. The standard InChI is InChI=1S/C22H19F4N3O/c1-13-15(3-2-4-18(13)23)11-29-10-9-17-19(12-29)27-20(28-21(17)30)14-5-7-16(8-6-14)22(24,25)26/h2-8H,9-12H2,1H3,(H,27,28,30). The van der Waals surface area contributed by atoms with E-state index in [4.69, 9.17) is 0 Å². The van der Waals surface area contributed by atoms with Crippen LogP contribution < -0.4 is 5.56 Å². The number of benzene rings is 2. The van der Waals surface area contributed by atoms with E-state index in [9.17, 15) is 22.4 Å². The van der Waals surface area contributed by atoms with Crippen molar-refractivity contribution in [3.8, 4) is 11.4 Å². The summed E-state index contributed by atoms with van der Waals surface area (Å²) in [6.07, 6.45) is -3.93. The van der Waals surface area contributed by atoms with E-state index in [1.165, 1.54) is 18.2 Å². The molecule has 1 aliphatic rings. The van der Waals surface area contributed by atoms with E-state index in [0.717, 1.165) is 17.7 Å². The van der Waals surface area contributed by atoms with E-state index in [1.807, 2.05) is 6.07 Å². The maximum atomic E-state index is 13.8. The molecule has 2 aromatic carbocycles. The van der Waals surface area contributed by atoms with Crippen LogP contribution >= 0.6 is 0 Å². The van der Waals surface area contributed by atoms with E-state index >= 15 is 0 Å². The van der Waals surface area contributed by atoms with Gasteiger partial charge in [0.1, 0.15) is 11.6 Å². The number of fused-ring (bicyclic) bond motifs is 1. The maximum Gasteiger partial charge on any atom is 0.416 e. The Morgan fingerprint density at radius 3 is 2.57 bits per heavy atom. The van der Waals surface area contributed by atoms with Crippen LogP contribution in [-0.2, 0) is 25.7 Å². The van der Waals surface area contributed by atoms with E-state index in [0.29, 0.717) is 48.4 Å². The lowest BCUT2D eigenvalue weighted by Crippen LogP contribution is -2.35. The van der Waals surface area contributed by atoms with Crippen molar-refractivity contribution in [2.75, 3.05) is 6.54 Å². The van der Waals surface area contributed by atoms with Gasteiger partial charge in [-0.25, -0.2) is 9.37 Å². The number of hydrogen-bond acceptors (Lipinski definition) is 3. The molecule has 0 saturated carbocycles. The number of H-pyrrole nitrogens is 1. The van der Waals surface area contributed by atoms with Gasteiger partial charge in [0.25, 0.3) is 5.56 Å². The lowest BCUT2D eigenvalue weighted by atomic mass is 10.0. The highest BCUT2D eigenvalue weighted by atomic mass is 19.4. The van der Waals surface area contributed by atoms with Gasteiger partial charge >= 0.3 is 6.18 Å². The van der Waals surface area contributed by atoms with Crippen LogP contribution in [-0.4, -0.2) is 21.4 Å². The molecule has 4 nitrogen and oxygen atoms in total. The monoisotopic (exact) mass is 417 g/mol. The number of halogens is 4. The van der Waals surface area contributed by atoms with Crippen LogP contribution in [0.15, 0.2) is 47.3 Å². The van der Waals surface area contributed by atoms with Gasteiger partial charge in [0.05, 0.1) is 11.3 Å². The van der Waals surface area contributed by atoms with Crippen LogP contribution in [0.3, 0.4) is 0 Å². The Hall–Kier alpha value is -3.00. The fourth-order valence-electron chi connectivity index (χ4n) is 3.65. The highest BCUT2D eigenvalue weighted by molar-refractivity contribution is 5.56. The van der Waals surface area contributed by atoms with E-state index in [1.54, 1.807) is 13.0 Å². The first kappa shape index (κ1) is 20.3. The van der Waals surface area contributed by atoms with Crippen molar-refractivity contribution < 1.29 is 17.6 Å². The Bertz CT molecular complexity index is 1140. The van der Waals surface area contributed by atoms with Crippen molar-refractivity contribution in [2.24, 2.45) is 0 Å². The van der Waals surface area contributed by atoms with Crippen LogP contribution in [0.4, 0.5) is 17.6 Å². The molecule has 156 valence electrons. The van der Waals surface area contributed by atoms with E-state index in [-0.39, 0.29) is 17.2 Å². The summed E-state index contributed by atoms with van der Waals surface area (Å²) in [6, 6.07) is 9.48. The molecule has 0 unspecified atom stereocenters.